The van der Waals surface area contributed by atoms with E-state index in [1.165, 1.54) is 12.1 Å². The zero-order valence-corrected chi connectivity index (χ0v) is 9.71. The summed E-state index contributed by atoms with van der Waals surface area (Å²) < 4.78 is 13.4. The average Bonchev–Trinajstić information content (AvgIpc) is 2.15. The largest absolute Gasteiger partial charge is 0.480 e. The van der Waals surface area contributed by atoms with Gasteiger partial charge in [-0.05, 0) is 24.6 Å². The molecule has 0 bridgehead atoms. The minimum Gasteiger partial charge on any atom is -0.480 e. The molecule has 3 nitrogen and oxygen atoms in total. The van der Waals surface area contributed by atoms with Crippen LogP contribution >= 0.6 is 15.9 Å². The minimum absolute atomic E-state index is 0.322. The Morgan fingerprint density at radius 1 is 1.67 bits per heavy atom. The fraction of sp³-hybridized carbons (Fsp3) is 0.300. The average molecular weight is 276 g/mol. The predicted octanol–water partition coefficient (Wildman–Crippen LogP) is 2.15. The van der Waals surface area contributed by atoms with Gasteiger partial charge >= 0.3 is 5.97 Å². The fourth-order valence-corrected chi connectivity index (χ4v) is 1.51. The van der Waals surface area contributed by atoms with Crippen molar-refractivity contribution in [2.75, 3.05) is 0 Å². The smallest absolute Gasteiger partial charge is 0.320 e. The quantitative estimate of drug-likeness (QED) is 0.885. The summed E-state index contributed by atoms with van der Waals surface area (Å²) in [5, 5.41) is 11.4. The monoisotopic (exact) mass is 275 g/mol. The van der Waals surface area contributed by atoms with Crippen molar-refractivity contribution in [3.63, 3.8) is 0 Å². The van der Waals surface area contributed by atoms with E-state index < -0.39 is 12.0 Å². The van der Waals surface area contributed by atoms with E-state index in [-0.39, 0.29) is 5.82 Å². The Balaban J connectivity index is 2.62. The molecular weight excluding hydrogens is 265 g/mol. The molecule has 0 radical (unpaired) electrons. The van der Waals surface area contributed by atoms with E-state index in [9.17, 15) is 9.18 Å². The van der Waals surface area contributed by atoms with Gasteiger partial charge in [-0.3, -0.25) is 4.79 Å². The second kappa shape index (κ2) is 5.23. The highest BCUT2D eigenvalue weighted by Crippen LogP contribution is 2.17. The number of carboxylic acid groups (broad SMARTS) is 1. The fourth-order valence-electron chi connectivity index (χ4n) is 1.02. The third-order valence-corrected chi connectivity index (χ3v) is 2.72. The number of carbonyl (C=O) groups is 1. The molecule has 82 valence electrons. The van der Waals surface area contributed by atoms with Gasteiger partial charge in [0.2, 0.25) is 0 Å². The number of rotatable bonds is 4. The summed E-state index contributed by atoms with van der Waals surface area (Å²) in [6, 6.07) is 3.68. The lowest BCUT2D eigenvalue weighted by atomic mass is 10.2. The minimum atomic E-state index is -0.909. The summed E-state index contributed by atoms with van der Waals surface area (Å²) in [6.07, 6.45) is 0. The molecule has 0 aliphatic heterocycles. The topological polar surface area (TPSA) is 49.3 Å². The van der Waals surface area contributed by atoms with Crippen molar-refractivity contribution < 1.29 is 14.3 Å². The van der Waals surface area contributed by atoms with E-state index in [4.69, 9.17) is 5.11 Å². The Hall–Kier alpha value is -0.940. The molecule has 0 fully saturated rings. The highest BCUT2D eigenvalue weighted by atomic mass is 79.9. The lowest BCUT2D eigenvalue weighted by Gasteiger charge is -2.10. The number of hydrogen-bond acceptors (Lipinski definition) is 2. The molecule has 0 amide bonds. The first-order chi connectivity index (χ1) is 7.00. The molecule has 1 atom stereocenters. The third kappa shape index (κ3) is 3.60. The second-order valence-corrected chi connectivity index (χ2v) is 4.03. The number of aliphatic carboxylic acids is 1. The summed E-state index contributed by atoms with van der Waals surface area (Å²) in [5.74, 6) is -1.23. The van der Waals surface area contributed by atoms with Gasteiger partial charge in [0.1, 0.15) is 11.9 Å². The first kappa shape index (κ1) is 12.1. The van der Waals surface area contributed by atoms with Gasteiger partial charge in [0, 0.05) is 11.0 Å². The molecule has 0 aliphatic rings. The number of nitrogens with one attached hydrogen (secondary N) is 1. The maximum atomic E-state index is 12.7. The van der Waals surface area contributed by atoms with Crippen LogP contribution in [0.4, 0.5) is 4.39 Å². The molecule has 1 aromatic carbocycles. The van der Waals surface area contributed by atoms with Gasteiger partial charge in [-0.15, -0.1) is 0 Å². The van der Waals surface area contributed by atoms with E-state index in [1.54, 1.807) is 13.0 Å². The zero-order chi connectivity index (χ0) is 11.4. The van der Waals surface area contributed by atoms with Crippen LogP contribution in [0.3, 0.4) is 0 Å². The summed E-state index contributed by atoms with van der Waals surface area (Å²) in [7, 11) is 0. The second-order valence-electron chi connectivity index (χ2n) is 3.18. The summed E-state index contributed by atoms with van der Waals surface area (Å²) in [5.41, 5.74) is 0.824. The van der Waals surface area contributed by atoms with Gasteiger partial charge in [0.05, 0.1) is 0 Å². The number of benzene rings is 1. The Morgan fingerprint density at radius 2 is 2.33 bits per heavy atom. The molecule has 0 saturated heterocycles. The van der Waals surface area contributed by atoms with Crippen LogP contribution in [-0.4, -0.2) is 17.1 Å². The molecule has 5 heteroatoms. The van der Waals surface area contributed by atoms with Gasteiger partial charge in [-0.25, -0.2) is 4.39 Å². The predicted molar refractivity (Wildman–Crippen MR) is 58.0 cm³/mol. The van der Waals surface area contributed by atoms with Crippen molar-refractivity contribution in [2.45, 2.75) is 19.5 Å². The third-order valence-electron chi connectivity index (χ3n) is 1.98. The van der Waals surface area contributed by atoms with Gasteiger partial charge in [0.15, 0.2) is 0 Å². The molecule has 1 rings (SSSR count). The van der Waals surface area contributed by atoms with Crippen molar-refractivity contribution in [2.24, 2.45) is 0 Å². The van der Waals surface area contributed by atoms with Crippen molar-refractivity contribution in [3.05, 3.63) is 34.1 Å². The summed E-state index contributed by atoms with van der Waals surface area (Å²) in [4.78, 5) is 10.5. The highest BCUT2D eigenvalue weighted by molar-refractivity contribution is 9.10. The molecule has 15 heavy (non-hydrogen) atoms. The van der Waals surface area contributed by atoms with Crippen LogP contribution in [0.5, 0.6) is 0 Å². The molecule has 0 saturated carbocycles. The van der Waals surface area contributed by atoms with E-state index in [2.05, 4.69) is 21.2 Å². The molecule has 2 N–H and O–H groups in total. The van der Waals surface area contributed by atoms with Crippen LogP contribution in [0.2, 0.25) is 0 Å². The van der Waals surface area contributed by atoms with Gasteiger partial charge in [-0.2, -0.15) is 0 Å². The molecule has 0 heterocycles. The maximum Gasteiger partial charge on any atom is 0.320 e. The van der Waals surface area contributed by atoms with E-state index in [0.717, 1.165) is 5.56 Å². The number of halogens is 2. The first-order valence-corrected chi connectivity index (χ1v) is 5.20. The normalized spacial score (nSPS) is 12.5. The highest BCUT2D eigenvalue weighted by Gasteiger charge is 2.10. The summed E-state index contributed by atoms with van der Waals surface area (Å²) in [6.45, 7) is 1.94. The SMILES string of the molecule is CC(NCc1ccc(F)cc1Br)C(=O)O. The Bertz CT molecular complexity index is 370. The zero-order valence-electron chi connectivity index (χ0n) is 8.13. The van der Waals surface area contributed by atoms with Crippen molar-refractivity contribution in [1.29, 1.82) is 0 Å². The maximum absolute atomic E-state index is 12.7. The Labute approximate surface area is 95.4 Å². The van der Waals surface area contributed by atoms with E-state index in [0.29, 0.717) is 11.0 Å². The number of carboxylic acids is 1. The molecule has 0 aromatic heterocycles. The van der Waals surface area contributed by atoms with Crippen LogP contribution in [-0.2, 0) is 11.3 Å². The molecule has 0 spiro atoms. The van der Waals surface area contributed by atoms with Crippen molar-refractivity contribution in [3.8, 4) is 0 Å². The van der Waals surface area contributed by atoms with E-state index in [1.807, 2.05) is 0 Å². The van der Waals surface area contributed by atoms with Crippen LogP contribution < -0.4 is 5.32 Å². The van der Waals surface area contributed by atoms with Crippen LogP contribution in [0.25, 0.3) is 0 Å². The van der Waals surface area contributed by atoms with Gasteiger partial charge in [0.25, 0.3) is 0 Å². The summed E-state index contributed by atoms with van der Waals surface area (Å²) >= 11 is 3.21. The molecule has 0 aliphatic carbocycles. The van der Waals surface area contributed by atoms with Crippen molar-refractivity contribution >= 4 is 21.9 Å². The van der Waals surface area contributed by atoms with Crippen LogP contribution in [0.15, 0.2) is 22.7 Å². The van der Waals surface area contributed by atoms with E-state index >= 15 is 0 Å². The standard InChI is InChI=1S/C10H11BrFNO2/c1-6(10(14)15)13-5-7-2-3-8(12)4-9(7)11/h2-4,6,13H,5H2,1H3,(H,14,15). The van der Waals surface area contributed by atoms with Crippen LogP contribution in [0.1, 0.15) is 12.5 Å². The number of hydrogen-bond donors (Lipinski definition) is 2. The van der Waals surface area contributed by atoms with Gasteiger partial charge in [-0.1, -0.05) is 22.0 Å². The van der Waals surface area contributed by atoms with Crippen LogP contribution in [0, 0.1) is 5.82 Å². The molecular formula is C10H11BrFNO2. The Morgan fingerprint density at radius 3 is 2.87 bits per heavy atom. The van der Waals surface area contributed by atoms with Crippen molar-refractivity contribution in [1.82, 2.24) is 5.32 Å². The van der Waals surface area contributed by atoms with Gasteiger partial charge < -0.3 is 10.4 Å². The lowest BCUT2D eigenvalue weighted by Crippen LogP contribution is -2.33. The first-order valence-electron chi connectivity index (χ1n) is 4.41. The molecule has 1 unspecified atom stereocenters. The Kier molecular flexibility index (Phi) is 4.23. The molecule has 1 aromatic rings. The lowest BCUT2D eigenvalue weighted by molar-refractivity contribution is -0.139.